The van der Waals surface area contributed by atoms with Gasteiger partial charge in [0.25, 0.3) is 0 Å². The summed E-state index contributed by atoms with van der Waals surface area (Å²) in [6.45, 7) is 3.08. The first-order valence-electron chi connectivity index (χ1n) is 6.65. The molecule has 0 aliphatic heterocycles. The fourth-order valence-corrected chi connectivity index (χ4v) is 2.21. The van der Waals surface area contributed by atoms with Gasteiger partial charge in [0.2, 0.25) is 5.91 Å². The van der Waals surface area contributed by atoms with E-state index in [9.17, 15) is 4.79 Å². The number of carbonyl (C=O) groups excluding carboxylic acids is 1. The Morgan fingerprint density at radius 3 is 2.79 bits per heavy atom. The summed E-state index contributed by atoms with van der Waals surface area (Å²) in [5.74, 6) is 6.94. The van der Waals surface area contributed by atoms with Crippen molar-refractivity contribution in [3.8, 4) is 11.8 Å². The second kappa shape index (κ2) is 5.90. The van der Waals surface area contributed by atoms with Gasteiger partial charge < -0.3 is 10.6 Å². The molecule has 1 aromatic rings. The topological polar surface area (TPSA) is 46.3 Å². The molecular formula is C16H20N2O. The largest absolute Gasteiger partial charge is 0.341 e. The molecule has 100 valence electrons. The zero-order chi connectivity index (χ0) is 13.8. The molecule has 0 saturated heterocycles. The van der Waals surface area contributed by atoms with Crippen molar-refractivity contribution in [1.29, 1.82) is 0 Å². The summed E-state index contributed by atoms with van der Waals surface area (Å²) in [6, 6.07) is 7.91. The van der Waals surface area contributed by atoms with Crippen LogP contribution in [-0.2, 0) is 11.3 Å². The maximum absolute atomic E-state index is 12.1. The third-order valence-electron chi connectivity index (χ3n) is 3.55. The van der Waals surface area contributed by atoms with Gasteiger partial charge in [-0.2, -0.15) is 0 Å². The van der Waals surface area contributed by atoms with Gasteiger partial charge in [0.15, 0.2) is 0 Å². The Morgan fingerprint density at radius 1 is 1.47 bits per heavy atom. The lowest BCUT2D eigenvalue weighted by molar-refractivity contribution is -0.132. The van der Waals surface area contributed by atoms with Crippen LogP contribution in [0.5, 0.6) is 0 Å². The number of amides is 1. The summed E-state index contributed by atoms with van der Waals surface area (Å²) < 4.78 is 0. The molecule has 1 aliphatic rings. The molecule has 1 saturated carbocycles. The van der Waals surface area contributed by atoms with E-state index in [1.165, 1.54) is 0 Å². The summed E-state index contributed by atoms with van der Waals surface area (Å²) >= 11 is 0. The van der Waals surface area contributed by atoms with E-state index < -0.39 is 0 Å². The number of nitrogens with two attached hydrogens (primary N) is 1. The van der Waals surface area contributed by atoms with E-state index in [1.54, 1.807) is 4.90 Å². The van der Waals surface area contributed by atoms with Crippen molar-refractivity contribution in [2.45, 2.75) is 19.9 Å². The molecule has 3 heteroatoms. The first-order valence-corrected chi connectivity index (χ1v) is 6.65. The van der Waals surface area contributed by atoms with E-state index in [0.29, 0.717) is 19.0 Å². The van der Waals surface area contributed by atoms with Crippen molar-refractivity contribution in [3.05, 3.63) is 35.4 Å². The average molecular weight is 256 g/mol. The van der Waals surface area contributed by atoms with Crippen LogP contribution in [0, 0.1) is 23.7 Å². The normalized spacial score (nSPS) is 20.4. The number of hydrogen-bond donors (Lipinski definition) is 1. The molecule has 19 heavy (non-hydrogen) atoms. The third-order valence-corrected chi connectivity index (χ3v) is 3.55. The summed E-state index contributed by atoms with van der Waals surface area (Å²) in [7, 11) is 1.86. The second-order valence-electron chi connectivity index (χ2n) is 5.18. The summed E-state index contributed by atoms with van der Waals surface area (Å²) in [6.07, 6.45) is 1.03. The molecule has 2 unspecified atom stereocenters. The van der Waals surface area contributed by atoms with E-state index >= 15 is 0 Å². The Kier molecular flexibility index (Phi) is 4.24. The van der Waals surface area contributed by atoms with Crippen LogP contribution in [0.3, 0.4) is 0 Å². The van der Waals surface area contributed by atoms with Crippen molar-refractivity contribution < 1.29 is 4.79 Å². The Hall–Kier alpha value is -1.79. The predicted octanol–water partition coefficient (Wildman–Crippen LogP) is 1.61. The van der Waals surface area contributed by atoms with Crippen molar-refractivity contribution in [2.24, 2.45) is 17.6 Å². The summed E-state index contributed by atoms with van der Waals surface area (Å²) in [5.41, 5.74) is 7.43. The smallest absolute Gasteiger partial charge is 0.226 e. The van der Waals surface area contributed by atoms with Crippen LogP contribution in [-0.4, -0.2) is 24.4 Å². The predicted molar refractivity (Wildman–Crippen MR) is 76.1 cm³/mol. The van der Waals surface area contributed by atoms with Gasteiger partial charge in [0, 0.05) is 25.1 Å². The Labute approximate surface area is 114 Å². The molecule has 1 amide bonds. The van der Waals surface area contributed by atoms with Gasteiger partial charge >= 0.3 is 0 Å². The van der Waals surface area contributed by atoms with Crippen LogP contribution < -0.4 is 5.73 Å². The fraction of sp³-hybridized carbons (Fsp3) is 0.438. The Bertz CT molecular complexity index is 527. The minimum atomic E-state index is 0.229. The third kappa shape index (κ3) is 3.36. The SMILES string of the molecule is CC1CC1C(=O)N(C)Cc1ccccc1C#CCN. The Morgan fingerprint density at radius 2 is 2.16 bits per heavy atom. The number of hydrogen-bond acceptors (Lipinski definition) is 2. The highest BCUT2D eigenvalue weighted by atomic mass is 16.2. The standard InChI is InChI=1S/C16H20N2O/c1-12-10-15(12)16(19)18(2)11-14-7-4-3-6-13(14)8-5-9-17/h3-4,6-7,12,15H,9-11,17H2,1-2H3. The van der Waals surface area contributed by atoms with E-state index in [-0.39, 0.29) is 11.8 Å². The monoisotopic (exact) mass is 256 g/mol. The number of nitrogens with zero attached hydrogens (tertiary/aromatic N) is 1. The molecular weight excluding hydrogens is 236 g/mol. The van der Waals surface area contributed by atoms with Gasteiger partial charge in [0.05, 0.1) is 6.54 Å². The first kappa shape index (κ1) is 13.6. The van der Waals surface area contributed by atoms with Crippen molar-refractivity contribution in [3.63, 3.8) is 0 Å². The molecule has 1 aromatic carbocycles. The number of benzene rings is 1. The van der Waals surface area contributed by atoms with Crippen LogP contribution in [0.25, 0.3) is 0 Å². The molecule has 0 heterocycles. The van der Waals surface area contributed by atoms with Gasteiger partial charge in [-0.1, -0.05) is 37.0 Å². The van der Waals surface area contributed by atoms with Crippen LogP contribution in [0.4, 0.5) is 0 Å². The van der Waals surface area contributed by atoms with Crippen LogP contribution >= 0.6 is 0 Å². The molecule has 0 spiro atoms. The molecule has 2 N–H and O–H groups in total. The average Bonchev–Trinajstić information content (AvgIpc) is 3.14. The van der Waals surface area contributed by atoms with Crippen molar-refractivity contribution >= 4 is 5.91 Å². The minimum Gasteiger partial charge on any atom is -0.341 e. The molecule has 2 rings (SSSR count). The molecule has 0 aromatic heterocycles. The van der Waals surface area contributed by atoms with Crippen LogP contribution in [0.1, 0.15) is 24.5 Å². The van der Waals surface area contributed by atoms with Crippen molar-refractivity contribution in [2.75, 3.05) is 13.6 Å². The molecule has 1 fully saturated rings. The fourth-order valence-electron chi connectivity index (χ4n) is 2.21. The van der Waals surface area contributed by atoms with E-state index in [4.69, 9.17) is 5.73 Å². The van der Waals surface area contributed by atoms with Gasteiger partial charge in [-0.05, 0) is 24.0 Å². The van der Waals surface area contributed by atoms with Gasteiger partial charge in [-0.25, -0.2) is 0 Å². The zero-order valence-electron chi connectivity index (χ0n) is 11.5. The van der Waals surface area contributed by atoms with E-state index in [1.807, 2.05) is 31.3 Å². The van der Waals surface area contributed by atoms with E-state index in [2.05, 4.69) is 18.8 Å². The minimum absolute atomic E-state index is 0.229. The number of rotatable bonds is 3. The van der Waals surface area contributed by atoms with Gasteiger partial charge in [0.1, 0.15) is 0 Å². The molecule has 3 nitrogen and oxygen atoms in total. The van der Waals surface area contributed by atoms with Gasteiger partial charge in [-0.15, -0.1) is 0 Å². The van der Waals surface area contributed by atoms with Crippen LogP contribution in [0.15, 0.2) is 24.3 Å². The van der Waals surface area contributed by atoms with Crippen molar-refractivity contribution in [1.82, 2.24) is 4.90 Å². The first-order chi connectivity index (χ1) is 9.13. The lowest BCUT2D eigenvalue weighted by atomic mass is 10.1. The maximum atomic E-state index is 12.1. The summed E-state index contributed by atoms with van der Waals surface area (Å²) in [4.78, 5) is 13.9. The highest BCUT2D eigenvalue weighted by molar-refractivity contribution is 5.81. The molecule has 1 aliphatic carbocycles. The quantitative estimate of drug-likeness (QED) is 0.835. The lowest BCUT2D eigenvalue weighted by Crippen LogP contribution is -2.28. The second-order valence-corrected chi connectivity index (χ2v) is 5.18. The number of carbonyl (C=O) groups is 1. The van der Waals surface area contributed by atoms with Gasteiger partial charge in [-0.3, -0.25) is 4.79 Å². The highest BCUT2D eigenvalue weighted by Crippen LogP contribution is 2.39. The molecule has 0 radical (unpaired) electrons. The lowest BCUT2D eigenvalue weighted by Gasteiger charge is -2.18. The zero-order valence-corrected chi connectivity index (χ0v) is 11.5. The Balaban J connectivity index is 2.08. The maximum Gasteiger partial charge on any atom is 0.226 e. The van der Waals surface area contributed by atoms with Crippen LogP contribution in [0.2, 0.25) is 0 Å². The molecule has 2 atom stereocenters. The summed E-state index contributed by atoms with van der Waals surface area (Å²) in [5, 5.41) is 0. The molecule has 0 bridgehead atoms. The highest BCUT2D eigenvalue weighted by Gasteiger charge is 2.40. The van der Waals surface area contributed by atoms with E-state index in [0.717, 1.165) is 17.5 Å².